The highest BCUT2D eigenvalue weighted by molar-refractivity contribution is 5.70. The highest BCUT2D eigenvalue weighted by atomic mass is 16.5. The highest BCUT2D eigenvalue weighted by Gasteiger charge is 2.26. The van der Waals surface area contributed by atoms with Gasteiger partial charge in [-0.3, -0.25) is 19.2 Å². The fourth-order valence-corrected chi connectivity index (χ4v) is 3.40. The Labute approximate surface area is 204 Å². The maximum Gasteiger partial charge on any atom is 0.305 e. The first-order valence-corrected chi connectivity index (χ1v) is 12.9. The molecule has 0 bridgehead atoms. The van der Waals surface area contributed by atoms with Crippen molar-refractivity contribution in [1.29, 1.82) is 0 Å². The maximum absolute atomic E-state index is 12.0. The Balaban J connectivity index is 3.82. The van der Waals surface area contributed by atoms with Crippen molar-refractivity contribution in [3.63, 3.8) is 0 Å². The molecule has 0 saturated carbocycles. The minimum Gasteiger partial charge on any atom is -0.481 e. The topological polar surface area (TPSA) is 127 Å². The van der Waals surface area contributed by atoms with Gasteiger partial charge in [-0.05, 0) is 32.1 Å². The zero-order valence-corrected chi connectivity index (χ0v) is 21.3. The number of hydrogen-bond donors (Lipinski definition) is 2. The maximum atomic E-state index is 12.0. The van der Waals surface area contributed by atoms with E-state index in [1.54, 1.807) is 0 Å². The number of unbranched alkanes of at least 4 members (excludes halogenated alkanes) is 10. The zero-order valence-electron chi connectivity index (χ0n) is 21.3. The lowest BCUT2D eigenvalue weighted by Gasteiger charge is -2.27. The van der Waals surface area contributed by atoms with Gasteiger partial charge in [-0.15, -0.1) is 0 Å². The van der Waals surface area contributed by atoms with Crippen LogP contribution in [-0.4, -0.2) is 47.3 Å². The Kier molecular flexibility index (Phi) is 19.0. The van der Waals surface area contributed by atoms with E-state index in [0.717, 1.165) is 70.6 Å². The molecule has 8 heteroatoms. The van der Waals surface area contributed by atoms with Crippen LogP contribution >= 0.6 is 0 Å². The standard InChI is InChI=1S/C26H46O8/c1-3-26(2,20-33-24(31)18-14-10-6-4-8-12-16-22(27)28)21-34-25(32)19-15-11-7-5-9-13-17-23(29)30/h3-21H2,1-2H3,(H,27,28)(H,29,30). The summed E-state index contributed by atoms with van der Waals surface area (Å²) in [5.41, 5.74) is -0.403. The minimum absolute atomic E-state index is 0.218. The van der Waals surface area contributed by atoms with Crippen LogP contribution in [0.4, 0.5) is 0 Å². The van der Waals surface area contributed by atoms with Crippen molar-refractivity contribution in [2.75, 3.05) is 13.2 Å². The molecule has 0 atom stereocenters. The molecule has 0 aromatic heterocycles. The first-order chi connectivity index (χ1) is 16.2. The van der Waals surface area contributed by atoms with Gasteiger partial charge in [-0.1, -0.05) is 65.2 Å². The molecule has 0 aliphatic carbocycles. The second-order valence-corrected chi connectivity index (χ2v) is 9.52. The van der Waals surface area contributed by atoms with E-state index in [1.807, 2.05) is 13.8 Å². The summed E-state index contributed by atoms with van der Waals surface area (Å²) < 4.78 is 10.9. The molecule has 0 heterocycles. The third kappa shape index (κ3) is 20.5. The van der Waals surface area contributed by atoms with Gasteiger partial charge in [0.05, 0.1) is 13.2 Å². The molecular formula is C26H46O8. The number of aliphatic carboxylic acids is 2. The van der Waals surface area contributed by atoms with Gasteiger partial charge in [-0.25, -0.2) is 0 Å². The van der Waals surface area contributed by atoms with Crippen LogP contribution in [0.15, 0.2) is 0 Å². The summed E-state index contributed by atoms with van der Waals surface area (Å²) in [5, 5.41) is 17.2. The van der Waals surface area contributed by atoms with E-state index in [1.165, 1.54) is 0 Å². The number of carboxylic acid groups (broad SMARTS) is 2. The molecule has 0 radical (unpaired) electrons. The van der Waals surface area contributed by atoms with Crippen molar-refractivity contribution in [3.05, 3.63) is 0 Å². The van der Waals surface area contributed by atoms with Gasteiger partial charge in [0.15, 0.2) is 0 Å². The summed E-state index contributed by atoms with van der Waals surface area (Å²) in [6.45, 7) is 4.38. The molecule has 2 N–H and O–H groups in total. The summed E-state index contributed by atoms with van der Waals surface area (Å²) in [6, 6.07) is 0. The molecule has 34 heavy (non-hydrogen) atoms. The zero-order chi connectivity index (χ0) is 25.7. The third-order valence-corrected chi connectivity index (χ3v) is 6.06. The van der Waals surface area contributed by atoms with Gasteiger partial charge in [-0.2, -0.15) is 0 Å². The van der Waals surface area contributed by atoms with Crippen LogP contribution in [0.5, 0.6) is 0 Å². The molecule has 0 rings (SSSR count). The van der Waals surface area contributed by atoms with Crippen molar-refractivity contribution >= 4 is 23.9 Å². The summed E-state index contributed by atoms with van der Waals surface area (Å²) in [4.78, 5) is 45.0. The van der Waals surface area contributed by atoms with Crippen LogP contribution in [0.25, 0.3) is 0 Å². The summed E-state index contributed by atoms with van der Waals surface area (Å²) >= 11 is 0. The third-order valence-electron chi connectivity index (χ3n) is 6.06. The minimum atomic E-state index is -0.755. The van der Waals surface area contributed by atoms with E-state index in [-0.39, 0.29) is 38.0 Å². The van der Waals surface area contributed by atoms with E-state index >= 15 is 0 Å². The highest BCUT2D eigenvalue weighted by Crippen LogP contribution is 2.23. The lowest BCUT2D eigenvalue weighted by molar-refractivity contribution is -0.153. The number of carbonyl (C=O) groups is 4. The van der Waals surface area contributed by atoms with Gasteiger partial charge in [0.25, 0.3) is 0 Å². The van der Waals surface area contributed by atoms with Crippen LogP contribution in [0.1, 0.15) is 123 Å². The molecule has 0 aromatic carbocycles. The van der Waals surface area contributed by atoms with Crippen LogP contribution in [0.2, 0.25) is 0 Å². The lowest BCUT2D eigenvalue weighted by atomic mass is 9.90. The molecule has 0 aliphatic rings. The van der Waals surface area contributed by atoms with Gasteiger partial charge in [0.1, 0.15) is 0 Å². The Morgan fingerprint density at radius 1 is 0.559 bits per heavy atom. The molecule has 8 nitrogen and oxygen atoms in total. The second-order valence-electron chi connectivity index (χ2n) is 9.52. The summed E-state index contributed by atoms with van der Waals surface area (Å²) in [7, 11) is 0. The van der Waals surface area contributed by atoms with Gasteiger partial charge in [0, 0.05) is 31.1 Å². The van der Waals surface area contributed by atoms with Crippen molar-refractivity contribution < 1.29 is 38.9 Å². The predicted molar refractivity (Wildman–Crippen MR) is 129 cm³/mol. The fourth-order valence-electron chi connectivity index (χ4n) is 3.40. The van der Waals surface area contributed by atoms with Gasteiger partial charge < -0.3 is 19.7 Å². The number of ether oxygens (including phenoxy) is 2. The predicted octanol–water partition coefficient (Wildman–Crippen LogP) is 5.90. The first-order valence-electron chi connectivity index (χ1n) is 12.9. The SMILES string of the molecule is CCC(C)(COC(=O)CCCCCCCCC(=O)O)COC(=O)CCCCCCCCC(=O)O. The quantitative estimate of drug-likeness (QED) is 0.135. The van der Waals surface area contributed by atoms with Crippen molar-refractivity contribution in [2.45, 2.75) is 123 Å². The molecule has 0 fully saturated rings. The summed E-state index contributed by atoms with van der Waals surface area (Å²) in [6.07, 6.45) is 12.4. The Morgan fingerprint density at radius 3 is 1.15 bits per heavy atom. The Hall–Kier alpha value is -2.12. The monoisotopic (exact) mass is 486 g/mol. The first kappa shape index (κ1) is 31.9. The van der Waals surface area contributed by atoms with Crippen LogP contribution in [0.3, 0.4) is 0 Å². The molecular weight excluding hydrogens is 440 g/mol. The van der Waals surface area contributed by atoms with Crippen LogP contribution in [0, 0.1) is 5.41 Å². The smallest absolute Gasteiger partial charge is 0.305 e. The van der Waals surface area contributed by atoms with E-state index in [0.29, 0.717) is 25.7 Å². The fraction of sp³-hybridized carbons (Fsp3) is 0.846. The van der Waals surface area contributed by atoms with E-state index in [9.17, 15) is 19.2 Å². The number of esters is 2. The van der Waals surface area contributed by atoms with Crippen molar-refractivity contribution in [1.82, 2.24) is 0 Å². The average Bonchev–Trinajstić information content (AvgIpc) is 2.79. The number of carbonyl (C=O) groups excluding carboxylic acids is 2. The van der Waals surface area contributed by atoms with Crippen molar-refractivity contribution in [2.24, 2.45) is 5.41 Å². The molecule has 198 valence electrons. The number of rotatable bonds is 23. The van der Waals surface area contributed by atoms with E-state index in [4.69, 9.17) is 19.7 Å². The largest absolute Gasteiger partial charge is 0.481 e. The second kappa shape index (κ2) is 20.3. The van der Waals surface area contributed by atoms with Crippen molar-refractivity contribution in [3.8, 4) is 0 Å². The number of hydrogen-bond acceptors (Lipinski definition) is 6. The van der Waals surface area contributed by atoms with Crippen LogP contribution < -0.4 is 0 Å². The molecule has 0 spiro atoms. The van der Waals surface area contributed by atoms with E-state index < -0.39 is 17.4 Å². The molecule has 0 saturated heterocycles. The molecule has 0 aromatic rings. The van der Waals surface area contributed by atoms with Crippen LogP contribution in [-0.2, 0) is 28.7 Å². The summed E-state index contributed by atoms with van der Waals surface area (Å²) in [5.74, 6) is -1.98. The Bertz CT molecular complexity index is 541. The van der Waals surface area contributed by atoms with Gasteiger partial charge >= 0.3 is 23.9 Å². The average molecular weight is 487 g/mol. The number of carboxylic acids is 2. The van der Waals surface area contributed by atoms with E-state index in [2.05, 4.69) is 0 Å². The molecule has 0 amide bonds. The van der Waals surface area contributed by atoms with Gasteiger partial charge in [0.2, 0.25) is 0 Å². The normalized spacial score (nSPS) is 11.2. The molecule has 0 unspecified atom stereocenters. The Morgan fingerprint density at radius 2 is 0.853 bits per heavy atom. The molecule has 0 aliphatic heterocycles. The lowest BCUT2D eigenvalue weighted by Crippen LogP contribution is -2.31.